The van der Waals surface area contributed by atoms with Crippen molar-refractivity contribution in [2.24, 2.45) is 0 Å². The van der Waals surface area contributed by atoms with Crippen molar-refractivity contribution in [1.82, 2.24) is 5.32 Å². The summed E-state index contributed by atoms with van der Waals surface area (Å²) in [5.74, 6) is -0.264. The quantitative estimate of drug-likeness (QED) is 0.682. The molecular weight excluding hydrogens is 334 g/mol. The zero-order valence-corrected chi connectivity index (χ0v) is 15.2. The molecule has 136 valence electrons. The molecule has 0 aromatic heterocycles. The van der Waals surface area contributed by atoms with Gasteiger partial charge in [-0.1, -0.05) is 78.9 Å². The summed E-state index contributed by atoms with van der Waals surface area (Å²) >= 11 is 0. The normalized spacial score (nSPS) is 15.9. The van der Waals surface area contributed by atoms with Crippen LogP contribution in [0.2, 0.25) is 0 Å². The fourth-order valence-electron chi connectivity index (χ4n) is 3.79. The SMILES string of the molecule is O=C(OC1(c2ccccc2)CCNCC1)c1ccccc1-c1ccccc1. The van der Waals surface area contributed by atoms with Gasteiger partial charge in [0.25, 0.3) is 0 Å². The van der Waals surface area contributed by atoms with Crippen molar-refractivity contribution >= 4 is 5.97 Å². The second-order valence-corrected chi connectivity index (χ2v) is 6.91. The van der Waals surface area contributed by atoms with Gasteiger partial charge in [0, 0.05) is 12.8 Å². The van der Waals surface area contributed by atoms with Crippen LogP contribution in [0.1, 0.15) is 28.8 Å². The van der Waals surface area contributed by atoms with Gasteiger partial charge >= 0.3 is 5.97 Å². The van der Waals surface area contributed by atoms with Crippen LogP contribution >= 0.6 is 0 Å². The number of esters is 1. The fraction of sp³-hybridized carbons (Fsp3) is 0.208. The van der Waals surface area contributed by atoms with E-state index in [4.69, 9.17) is 4.74 Å². The topological polar surface area (TPSA) is 38.3 Å². The molecule has 3 heteroatoms. The lowest BCUT2D eigenvalue weighted by Gasteiger charge is -2.37. The van der Waals surface area contributed by atoms with E-state index in [1.165, 1.54) is 0 Å². The Bertz CT molecular complexity index is 900. The lowest BCUT2D eigenvalue weighted by atomic mass is 9.84. The number of ether oxygens (including phenoxy) is 1. The fourth-order valence-corrected chi connectivity index (χ4v) is 3.79. The second kappa shape index (κ2) is 7.77. The highest BCUT2D eigenvalue weighted by atomic mass is 16.6. The summed E-state index contributed by atoms with van der Waals surface area (Å²) in [6.45, 7) is 1.67. The highest BCUT2D eigenvalue weighted by Gasteiger charge is 2.38. The van der Waals surface area contributed by atoms with Crippen LogP contribution in [-0.2, 0) is 10.3 Å². The second-order valence-electron chi connectivity index (χ2n) is 6.91. The van der Waals surface area contributed by atoms with Crippen molar-refractivity contribution in [3.8, 4) is 11.1 Å². The molecule has 3 aromatic carbocycles. The summed E-state index contributed by atoms with van der Waals surface area (Å²) in [6, 6.07) is 27.8. The van der Waals surface area contributed by atoms with Crippen LogP contribution in [0.5, 0.6) is 0 Å². The number of hydrogen-bond acceptors (Lipinski definition) is 3. The van der Waals surface area contributed by atoms with Crippen LogP contribution in [0.25, 0.3) is 11.1 Å². The highest BCUT2D eigenvalue weighted by Crippen LogP contribution is 2.36. The Labute approximate surface area is 160 Å². The minimum atomic E-state index is -0.576. The molecule has 4 rings (SSSR count). The zero-order valence-electron chi connectivity index (χ0n) is 15.2. The summed E-state index contributed by atoms with van der Waals surface area (Å²) < 4.78 is 6.23. The molecule has 27 heavy (non-hydrogen) atoms. The van der Waals surface area contributed by atoms with Gasteiger partial charge in [0.2, 0.25) is 0 Å². The first kappa shape index (κ1) is 17.5. The molecule has 0 aliphatic carbocycles. The smallest absolute Gasteiger partial charge is 0.339 e. The first-order chi connectivity index (χ1) is 13.3. The van der Waals surface area contributed by atoms with E-state index in [1.54, 1.807) is 0 Å². The average molecular weight is 357 g/mol. The molecule has 0 amide bonds. The van der Waals surface area contributed by atoms with E-state index in [0.717, 1.165) is 42.6 Å². The van der Waals surface area contributed by atoms with Gasteiger partial charge in [-0.15, -0.1) is 0 Å². The van der Waals surface area contributed by atoms with Gasteiger partial charge in [-0.2, -0.15) is 0 Å². The van der Waals surface area contributed by atoms with E-state index >= 15 is 0 Å². The molecule has 1 aliphatic heterocycles. The molecule has 1 heterocycles. The van der Waals surface area contributed by atoms with E-state index in [0.29, 0.717) is 5.56 Å². The number of carbonyl (C=O) groups is 1. The van der Waals surface area contributed by atoms with Crippen molar-refractivity contribution in [2.45, 2.75) is 18.4 Å². The summed E-state index contributed by atoms with van der Waals surface area (Å²) in [5, 5.41) is 3.37. The maximum atomic E-state index is 13.2. The Hall–Kier alpha value is -2.91. The van der Waals surface area contributed by atoms with Crippen molar-refractivity contribution < 1.29 is 9.53 Å². The van der Waals surface area contributed by atoms with Crippen LogP contribution in [0.3, 0.4) is 0 Å². The molecule has 0 radical (unpaired) electrons. The average Bonchev–Trinajstić information content (AvgIpc) is 2.75. The molecule has 0 bridgehead atoms. The number of rotatable bonds is 4. The summed E-state index contributed by atoms with van der Waals surface area (Å²) in [6.07, 6.45) is 1.55. The largest absolute Gasteiger partial charge is 0.450 e. The number of nitrogens with one attached hydrogen (secondary N) is 1. The zero-order chi connectivity index (χ0) is 18.5. The summed E-state index contributed by atoms with van der Waals surface area (Å²) in [4.78, 5) is 13.2. The Morgan fingerprint density at radius 2 is 1.37 bits per heavy atom. The first-order valence-corrected chi connectivity index (χ1v) is 9.43. The molecule has 3 nitrogen and oxygen atoms in total. The van der Waals surface area contributed by atoms with Gasteiger partial charge in [0.15, 0.2) is 0 Å². The van der Waals surface area contributed by atoms with Crippen LogP contribution in [0.4, 0.5) is 0 Å². The highest BCUT2D eigenvalue weighted by molar-refractivity contribution is 5.97. The van der Waals surface area contributed by atoms with E-state index in [9.17, 15) is 4.79 Å². The third kappa shape index (κ3) is 3.64. The number of piperidine rings is 1. The van der Waals surface area contributed by atoms with Crippen molar-refractivity contribution in [3.05, 3.63) is 96.1 Å². The van der Waals surface area contributed by atoms with E-state index in [1.807, 2.05) is 72.8 Å². The van der Waals surface area contributed by atoms with Gasteiger partial charge in [-0.05, 0) is 35.8 Å². The van der Waals surface area contributed by atoms with Gasteiger partial charge in [0.1, 0.15) is 5.60 Å². The molecule has 0 saturated carbocycles. The van der Waals surface area contributed by atoms with Crippen molar-refractivity contribution in [3.63, 3.8) is 0 Å². The predicted octanol–water partition coefficient (Wildman–Crippen LogP) is 4.79. The standard InChI is InChI=1S/C24H23NO2/c26-23(22-14-8-7-13-21(22)19-9-3-1-4-10-19)27-24(15-17-25-18-16-24)20-11-5-2-6-12-20/h1-14,25H,15-18H2. The monoisotopic (exact) mass is 357 g/mol. The van der Waals surface area contributed by atoms with Crippen molar-refractivity contribution in [1.29, 1.82) is 0 Å². The minimum absolute atomic E-state index is 0.264. The minimum Gasteiger partial charge on any atom is -0.450 e. The number of carbonyl (C=O) groups excluding carboxylic acids is 1. The van der Waals surface area contributed by atoms with E-state index < -0.39 is 5.60 Å². The number of benzene rings is 3. The lowest BCUT2D eigenvalue weighted by molar-refractivity contribution is -0.0377. The van der Waals surface area contributed by atoms with Gasteiger partial charge in [0.05, 0.1) is 5.56 Å². The maximum Gasteiger partial charge on any atom is 0.339 e. The van der Waals surface area contributed by atoms with Crippen LogP contribution < -0.4 is 5.32 Å². The predicted molar refractivity (Wildman–Crippen MR) is 108 cm³/mol. The van der Waals surface area contributed by atoms with E-state index in [2.05, 4.69) is 17.4 Å². The third-order valence-corrected chi connectivity index (χ3v) is 5.23. The molecule has 1 N–H and O–H groups in total. The first-order valence-electron chi connectivity index (χ1n) is 9.43. The van der Waals surface area contributed by atoms with Crippen LogP contribution in [0, 0.1) is 0 Å². The molecule has 0 unspecified atom stereocenters. The van der Waals surface area contributed by atoms with Gasteiger partial charge < -0.3 is 10.1 Å². The molecular formula is C24H23NO2. The van der Waals surface area contributed by atoms with Gasteiger partial charge in [-0.3, -0.25) is 0 Å². The lowest BCUT2D eigenvalue weighted by Crippen LogP contribution is -2.43. The van der Waals surface area contributed by atoms with Gasteiger partial charge in [-0.25, -0.2) is 4.79 Å². The molecule has 3 aromatic rings. The third-order valence-electron chi connectivity index (χ3n) is 5.23. The van der Waals surface area contributed by atoms with Crippen LogP contribution in [0.15, 0.2) is 84.9 Å². The summed E-state index contributed by atoms with van der Waals surface area (Å²) in [5.41, 5.74) is 3.02. The molecule has 1 aliphatic rings. The molecule has 0 atom stereocenters. The molecule has 1 saturated heterocycles. The Balaban J connectivity index is 1.69. The number of hydrogen-bond donors (Lipinski definition) is 1. The Kier molecular flexibility index (Phi) is 5.03. The van der Waals surface area contributed by atoms with E-state index in [-0.39, 0.29) is 5.97 Å². The Morgan fingerprint density at radius 1 is 0.778 bits per heavy atom. The molecule has 1 fully saturated rings. The van der Waals surface area contributed by atoms with Crippen molar-refractivity contribution in [2.75, 3.05) is 13.1 Å². The maximum absolute atomic E-state index is 13.2. The summed E-state index contributed by atoms with van der Waals surface area (Å²) in [7, 11) is 0. The Morgan fingerprint density at radius 3 is 2.07 bits per heavy atom. The molecule has 0 spiro atoms. The van der Waals surface area contributed by atoms with Crippen LogP contribution in [-0.4, -0.2) is 19.1 Å².